The first-order valence-corrected chi connectivity index (χ1v) is 5.91. The fraction of sp³-hybridized carbons (Fsp3) is 0.333. The Labute approximate surface area is 94.3 Å². The van der Waals surface area contributed by atoms with Crippen molar-refractivity contribution in [1.29, 1.82) is 0 Å². The van der Waals surface area contributed by atoms with Gasteiger partial charge in [-0.3, -0.25) is 0 Å². The van der Waals surface area contributed by atoms with Crippen molar-refractivity contribution in [2.45, 2.75) is 12.3 Å². The molecule has 15 heavy (non-hydrogen) atoms. The lowest BCUT2D eigenvalue weighted by atomic mass is 10.0. The summed E-state index contributed by atoms with van der Waals surface area (Å²) in [6.07, 6.45) is 0. The second-order valence-electron chi connectivity index (χ2n) is 3.68. The van der Waals surface area contributed by atoms with Crippen molar-refractivity contribution in [2.24, 2.45) is 0 Å². The van der Waals surface area contributed by atoms with Gasteiger partial charge in [-0.25, -0.2) is 0 Å². The van der Waals surface area contributed by atoms with Crippen molar-refractivity contribution in [2.75, 3.05) is 14.2 Å². The lowest BCUT2D eigenvalue weighted by Gasteiger charge is -2.29. The van der Waals surface area contributed by atoms with E-state index in [2.05, 4.69) is 6.58 Å². The van der Waals surface area contributed by atoms with Gasteiger partial charge in [0.15, 0.2) is 5.41 Å². The van der Waals surface area contributed by atoms with Crippen molar-refractivity contribution < 1.29 is 9.47 Å². The summed E-state index contributed by atoms with van der Waals surface area (Å²) in [5.41, 5.74) is 2.63. The summed E-state index contributed by atoms with van der Waals surface area (Å²) < 4.78 is 10.9. The fourth-order valence-corrected chi connectivity index (χ4v) is 1.99. The van der Waals surface area contributed by atoms with E-state index in [9.17, 15) is 0 Å². The fourth-order valence-electron chi connectivity index (χ4n) is 1.55. The van der Waals surface area contributed by atoms with Crippen LogP contribution in [0.1, 0.15) is 18.1 Å². The highest BCUT2D eigenvalue weighted by Gasteiger charge is 2.27. The molecule has 0 aliphatic carbocycles. The van der Waals surface area contributed by atoms with Crippen LogP contribution < -0.4 is 0 Å². The third-order valence-corrected chi connectivity index (χ3v) is 4.01. The standard InChI is InChI=1S/C12H18O2Si/c1-9(2)10-7-5-6-8-11(10)12(15,13-3)14-4/h5-8H,1H2,2-4,15H3. The Balaban J connectivity index is 3.29. The Bertz CT molecular complexity index is 356. The van der Waals surface area contributed by atoms with Gasteiger partial charge < -0.3 is 9.47 Å². The first kappa shape index (κ1) is 12.2. The van der Waals surface area contributed by atoms with Crippen LogP contribution in [0, 0.1) is 0 Å². The van der Waals surface area contributed by atoms with Gasteiger partial charge in [-0.15, -0.1) is 0 Å². The van der Waals surface area contributed by atoms with E-state index in [-0.39, 0.29) is 0 Å². The van der Waals surface area contributed by atoms with E-state index in [1.807, 2.05) is 31.2 Å². The topological polar surface area (TPSA) is 18.5 Å². The van der Waals surface area contributed by atoms with Crippen molar-refractivity contribution >= 4 is 15.8 Å². The molecule has 0 aliphatic rings. The second-order valence-corrected chi connectivity index (χ2v) is 5.00. The van der Waals surface area contributed by atoms with Gasteiger partial charge in [-0.2, -0.15) is 0 Å². The molecule has 0 radical (unpaired) electrons. The van der Waals surface area contributed by atoms with Crippen LogP contribution in [-0.2, 0) is 14.9 Å². The maximum absolute atomic E-state index is 5.46. The molecule has 0 bridgehead atoms. The molecule has 0 heterocycles. The molecule has 3 heteroatoms. The van der Waals surface area contributed by atoms with E-state index >= 15 is 0 Å². The largest absolute Gasteiger partial charge is 0.354 e. The van der Waals surface area contributed by atoms with Crippen molar-refractivity contribution in [3.63, 3.8) is 0 Å². The minimum Gasteiger partial charge on any atom is -0.354 e. The number of rotatable bonds is 4. The SMILES string of the molecule is C=C(C)c1ccccc1C([SiH3])(OC)OC. The molecule has 0 atom stereocenters. The normalized spacial score (nSPS) is 11.7. The number of allylic oxidation sites excluding steroid dienone is 1. The highest BCUT2D eigenvalue weighted by atomic mass is 28.1. The monoisotopic (exact) mass is 222 g/mol. The van der Waals surface area contributed by atoms with Gasteiger partial charge in [-0.1, -0.05) is 36.4 Å². The molecule has 1 aromatic rings. The number of hydrogen-bond donors (Lipinski definition) is 0. The Morgan fingerprint density at radius 2 is 1.80 bits per heavy atom. The zero-order valence-corrected chi connectivity index (χ0v) is 11.8. The van der Waals surface area contributed by atoms with Gasteiger partial charge in [0.05, 0.1) is 10.2 Å². The van der Waals surface area contributed by atoms with Crippen LogP contribution in [0.5, 0.6) is 0 Å². The summed E-state index contributed by atoms with van der Waals surface area (Å²) in [7, 11) is 4.11. The molecule has 0 saturated heterocycles. The first-order valence-electron chi connectivity index (χ1n) is 4.91. The van der Waals surface area contributed by atoms with Crippen molar-refractivity contribution in [3.05, 3.63) is 42.0 Å². The van der Waals surface area contributed by atoms with E-state index in [1.165, 1.54) is 0 Å². The molecule has 0 amide bonds. The molecule has 0 fully saturated rings. The van der Waals surface area contributed by atoms with Gasteiger partial charge in [0.25, 0.3) is 0 Å². The Morgan fingerprint density at radius 3 is 2.27 bits per heavy atom. The zero-order chi connectivity index (χ0) is 11.5. The Kier molecular flexibility index (Phi) is 3.85. The van der Waals surface area contributed by atoms with Gasteiger partial charge in [0, 0.05) is 19.8 Å². The second kappa shape index (κ2) is 4.75. The predicted molar refractivity (Wildman–Crippen MR) is 66.8 cm³/mol. The third kappa shape index (κ3) is 2.37. The summed E-state index contributed by atoms with van der Waals surface area (Å²) in [4.78, 5) is 0. The van der Waals surface area contributed by atoms with E-state index < -0.39 is 5.41 Å². The summed E-state index contributed by atoms with van der Waals surface area (Å²) in [5, 5.41) is 0. The molecule has 0 aliphatic heterocycles. The highest BCUT2D eigenvalue weighted by Crippen LogP contribution is 2.29. The lowest BCUT2D eigenvalue weighted by molar-refractivity contribution is -0.148. The Hall–Kier alpha value is -0.903. The smallest absolute Gasteiger partial charge is 0.166 e. The van der Waals surface area contributed by atoms with E-state index in [0.717, 1.165) is 26.9 Å². The van der Waals surface area contributed by atoms with Gasteiger partial charge in [0.2, 0.25) is 0 Å². The molecule has 0 N–H and O–H groups in total. The maximum atomic E-state index is 5.46. The van der Waals surface area contributed by atoms with Gasteiger partial charge >= 0.3 is 0 Å². The molecular weight excluding hydrogens is 204 g/mol. The molecule has 0 unspecified atom stereocenters. The van der Waals surface area contributed by atoms with E-state index in [1.54, 1.807) is 14.2 Å². The van der Waals surface area contributed by atoms with E-state index in [4.69, 9.17) is 9.47 Å². The van der Waals surface area contributed by atoms with Crippen molar-refractivity contribution in [1.82, 2.24) is 0 Å². The van der Waals surface area contributed by atoms with Crippen LogP contribution in [0.2, 0.25) is 0 Å². The van der Waals surface area contributed by atoms with Gasteiger partial charge in [-0.05, 0) is 12.5 Å². The van der Waals surface area contributed by atoms with Crippen LogP contribution in [-0.4, -0.2) is 24.5 Å². The maximum Gasteiger partial charge on any atom is 0.166 e. The summed E-state index contributed by atoms with van der Waals surface area (Å²) in [5.74, 6) is 0. The van der Waals surface area contributed by atoms with Crippen LogP contribution in [0.4, 0.5) is 0 Å². The average Bonchev–Trinajstić information content (AvgIpc) is 2.28. The van der Waals surface area contributed by atoms with Crippen LogP contribution in [0.25, 0.3) is 5.57 Å². The molecule has 0 aromatic heterocycles. The number of methoxy groups -OCH3 is 2. The molecule has 82 valence electrons. The molecule has 1 rings (SSSR count). The molecule has 1 aromatic carbocycles. The van der Waals surface area contributed by atoms with Crippen LogP contribution >= 0.6 is 0 Å². The highest BCUT2D eigenvalue weighted by molar-refractivity contribution is 6.14. The third-order valence-electron chi connectivity index (χ3n) is 2.66. The van der Waals surface area contributed by atoms with Crippen molar-refractivity contribution in [3.8, 4) is 0 Å². The van der Waals surface area contributed by atoms with Crippen LogP contribution in [0.3, 0.4) is 0 Å². The zero-order valence-electron chi connectivity index (χ0n) is 9.83. The summed E-state index contributed by atoms with van der Waals surface area (Å²) in [6.45, 7) is 5.96. The number of benzene rings is 1. The predicted octanol–water partition coefficient (Wildman–Crippen LogP) is 1.49. The van der Waals surface area contributed by atoms with Gasteiger partial charge in [0.1, 0.15) is 0 Å². The summed E-state index contributed by atoms with van der Waals surface area (Å²) >= 11 is 0. The molecule has 2 nitrogen and oxygen atoms in total. The molecular formula is C12H18O2Si. The number of hydrogen-bond acceptors (Lipinski definition) is 2. The van der Waals surface area contributed by atoms with Crippen LogP contribution in [0.15, 0.2) is 30.8 Å². The molecule has 0 spiro atoms. The lowest BCUT2D eigenvalue weighted by Crippen LogP contribution is -2.32. The molecule has 0 saturated carbocycles. The minimum absolute atomic E-state index is 0.574. The average molecular weight is 222 g/mol. The van der Waals surface area contributed by atoms with E-state index in [0.29, 0.717) is 0 Å². The summed E-state index contributed by atoms with van der Waals surface area (Å²) in [6, 6.07) is 8.07. The Morgan fingerprint density at radius 1 is 1.27 bits per heavy atom. The first-order chi connectivity index (χ1) is 7.05. The number of ether oxygens (including phenoxy) is 2. The quantitative estimate of drug-likeness (QED) is 0.567. The minimum atomic E-state index is -0.574.